The number of para-hydroxylation sites is 1. The van der Waals surface area contributed by atoms with E-state index in [1.54, 1.807) is 49.5 Å². The molecule has 0 radical (unpaired) electrons. The fraction of sp³-hybridized carbons (Fsp3) is 0.100. The lowest BCUT2D eigenvalue weighted by Gasteiger charge is -2.07. The van der Waals surface area contributed by atoms with Crippen molar-refractivity contribution in [2.75, 3.05) is 13.7 Å². The molecule has 1 amide bonds. The van der Waals surface area contributed by atoms with E-state index in [2.05, 4.69) is 4.99 Å². The van der Waals surface area contributed by atoms with E-state index < -0.39 is 18.5 Å². The molecule has 0 spiro atoms. The molecule has 9 heteroatoms. The maximum atomic E-state index is 12.6. The number of thioether (sulfide) groups is 1. The number of carboxylic acids is 2. The van der Waals surface area contributed by atoms with Crippen LogP contribution in [0.3, 0.4) is 0 Å². The van der Waals surface area contributed by atoms with Gasteiger partial charge in [0.15, 0.2) is 11.8 Å². The number of carboxylic acid groups (broad SMARTS) is 2. The molecule has 3 rings (SSSR count). The number of carbonyl (C=O) groups excluding carboxylic acids is 1. The molecular formula is C20H16N2O6S. The largest absolute Gasteiger partial charge is 0.481 e. The fourth-order valence-corrected chi connectivity index (χ4v) is 3.43. The molecule has 1 aliphatic heterocycles. The number of aliphatic imine (C=N–C) groups is 1. The molecule has 0 atom stereocenters. The molecule has 2 aromatic rings. The van der Waals surface area contributed by atoms with Gasteiger partial charge in [0.1, 0.15) is 5.75 Å². The highest BCUT2D eigenvalue weighted by atomic mass is 32.2. The van der Waals surface area contributed by atoms with E-state index >= 15 is 0 Å². The van der Waals surface area contributed by atoms with Crippen LogP contribution >= 0.6 is 11.8 Å². The first-order chi connectivity index (χ1) is 13.8. The number of ether oxygens (including phenoxy) is 1. The zero-order valence-corrected chi connectivity index (χ0v) is 16.0. The summed E-state index contributed by atoms with van der Waals surface area (Å²) in [5.74, 6) is -2.03. The zero-order chi connectivity index (χ0) is 21.0. The number of likely N-dealkylation sites (N-methyl/N-ethyl adjacent to an activating group) is 1. The van der Waals surface area contributed by atoms with Crippen LogP contribution in [0.4, 0.5) is 5.69 Å². The summed E-state index contributed by atoms with van der Waals surface area (Å²) in [6, 6.07) is 12.8. The van der Waals surface area contributed by atoms with Crippen molar-refractivity contribution in [3.63, 3.8) is 0 Å². The molecule has 1 heterocycles. The zero-order valence-electron chi connectivity index (χ0n) is 15.2. The molecule has 8 nitrogen and oxygen atoms in total. The second-order valence-corrected chi connectivity index (χ2v) is 6.95. The average Bonchev–Trinajstić information content (AvgIpc) is 2.95. The maximum Gasteiger partial charge on any atom is 0.341 e. The average molecular weight is 412 g/mol. The van der Waals surface area contributed by atoms with Crippen LogP contribution in [-0.4, -0.2) is 51.8 Å². The second kappa shape index (κ2) is 8.61. The minimum Gasteiger partial charge on any atom is -0.481 e. The van der Waals surface area contributed by atoms with Crippen LogP contribution in [0.1, 0.15) is 15.9 Å². The Morgan fingerprint density at radius 2 is 1.83 bits per heavy atom. The third-order valence-corrected chi connectivity index (χ3v) is 4.96. The number of carbonyl (C=O) groups is 3. The van der Waals surface area contributed by atoms with Gasteiger partial charge >= 0.3 is 11.9 Å². The maximum absolute atomic E-state index is 12.6. The number of rotatable bonds is 6. The number of nitrogens with zero attached hydrogens (tertiary/aromatic N) is 2. The lowest BCUT2D eigenvalue weighted by Crippen LogP contribution is -2.23. The highest BCUT2D eigenvalue weighted by Crippen LogP contribution is 2.34. The first-order valence-electron chi connectivity index (χ1n) is 8.38. The minimum atomic E-state index is -1.10. The number of hydrogen-bond donors (Lipinski definition) is 2. The van der Waals surface area contributed by atoms with Gasteiger partial charge in [-0.25, -0.2) is 14.6 Å². The SMILES string of the molecule is CN1C(=O)C(=Cc2ccccc2OCC(=O)O)SC1=Nc1ccc(C(=O)O)cc1. The highest BCUT2D eigenvalue weighted by molar-refractivity contribution is 8.18. The number of hydrogen-bond acceptors (Lipinski definition) is 6. The molecule has 0 bridgehead atoms. The molecule has 2 aromatic carbocycles. The predicted octanol–water partition coefficient (Wildman–Crippen LogP) is 3.08. The van der Waals surface area contributed by atoms with Crippen molar-refractivity contribution in [3.05, 3.63) is 64.6 Å². The lowest BCUT2D eigenvalue weighted by molar-refractivity contribution is -0.139. The van der Waals surface area contributed by atoms with E-state index in [0.717, 1.165) is 11.8 Å². The molecule has 1 saturated heterocycles. The van der Waals surface area contributed by atoms with Gasteiger partial charge in [-0.1, -0.05) is 18.2 Å². The normalized spacial score (nSPS) is 16.4. The number of benzene rings is 2. The van der Waals surface area contributed by atoms with Crippen LogP contribution in [0.5, 0.6) is 5.75 Å². The van der Waals surface area contributed by atoms with E-state index in [1.807, 2.05) is 0 Å². The Morgan fingerprint density at radius 1 is 1.14 bits per heavy atom. The summed E-state index contributed by atoms with van der Waals surface area (Å²) < 4.78 is 5.27. The Morgan fingerprint density at radius 3 is 2.48 bits per heavy atom. The van der Waals surface area contributed by atoms with Crippen molar-refractivity contribution in [1.29, 1.82) is 0 Å². The Kier molecular flexibility index (Phi) is 5.99. The fourth-order valence-electron chi connectivity index (χ4n) is 2.45. The summed E-state index contributed by atoms with van der Waals surface area (Å²) >= 11 is 1.16. The van der Waals surface area contributed by atoms with Gasteiger partial charge in [0.25, 0.3) is 5.91 Å². The molecule has 0 saturated carbocycles. The number of aliphatic carboxylic acids is 1. The van der Waals surface area contributed by atoms with Crippen molar-refractivity contribution < 1.29 is 29.3 Å². The summed E-state index contributed by atoms with van der Waals surface area (Å²) in [6.45, 7) is -0.486. The van der Waals surface area contributed by atoms with Crippen LogP contribution in [0, 0.1) is 0 Å². The molecular weight excluding hydrogens is 396 g/mol. The molecule has 148 valence electrons. The Labute approximate surface area is 170 Å². The number of amidine groups is 1. The van der Waals surface area contributed by atoms with Gasteiger partial charge in [0, 0.05) is 12.6 Å². The molecule has 29 heavy (non-hydrogen) atoms. The molecule has 1 fully saturated rings. The second-order valence-electron chi connectivity index (χ2n) is 5.94. The summed E-state index contributed by atoms with van der Waals surface area (Å²) in [4.78, 5) is 40.5. The topological polar surface area (TPSA) is 117 Å². The third kappa shape index (κ3) is 4.82. The van der Waals surface area contributed by atoms with E-state index in [1.165, 1.54) is 17.0 Å². The highest BCUT2D eigenvalue weighted by Gasteiger charge is 2.30. The van der Waals surface area contributed by atoms with Gasteiger partial charge in [-0.05, 0) is 48.2 Å². The van der Waals surface area contributed by atoms with Crippen LogP contribution in [0.15, 0.2) is 58.4 Å². The molecule has 0 unspecified atom stereocenters. The van der Waals surface area contributed by atoms with Crippen LogP contribution < -0.4 is 4.74 Å². The number of amides is 1. The first kappa shape index (κ1) is 20.2. The molecule has 0 aromatic heterocycles. The van der Waals surface area contributed by atoms with Crippen LogP contribution in [-0.2, 0) is 9.59 Å². The molecule has 0 aliphatic carbocycles. The predicted molar refractivity (Wildman–Crippen MR) is 108 cm³/mol. The summed E-state index contributed by atoms with van der Waals surface area (Å²) in [5, 5.41) is 18.2. The first-order valence-corrected chi connectivity index (χ1v) is 9.20. The Balaban J connectivity index is 1.85. The molecule has 1 aliphatic rings. The summed E-state index contributed by atoms with van der Waals surface area (Å²) in [6.07, 6.45) is 1.62. The Hall–Kier alpha value is -3.59. The smallest absolute Gasteiger partial charge is 0.341 e. The van der Waals surface area contributed by atoms with Crippen LogP contribution in [0.2, 0.25) is 0 Å². The Bertz CT molecular complexity index is 1030. The van der Waals surface area contributed by atoms with E-state index in [4.69, 9.17) is 14.9 Å². The minimum absolute atomic E-state index is 0.149. The lowest BCUT2D eigenvalue weighted by atomic mass is 10.2. The van der Waals surface area contributed by atoms with Crippen molar-refractivity contribution in [2.45, 2.75) is 0 Å². The quantitative estimate of drug-likeness (QED) is 0.700. The number of aromatic carboxylic acids is 1. The standard InChI is InChI=1S/C20H16N2O6S/c1-22-18(25)16(10-13-4-2-3-5-15(13)28-11-17(23)24)29-20(22)21-14-8-6-12(7-9-14)19(26)27/h2-10H,11H2,1H3,(H,23,24)(H,26,27). The van der Waals surface area contributed by atoms with E-state index in [9.17, 15) is 14.4 Å². The summed E-state index contributed by atoms with van der Waals surface area (Å²) in [5.41, 5.74) is 1.24. The van der Waals surface area contributed by atoms with Crippen molar-refractivity contribution in [1.82, 2.24) is 4.90 Å². The van der Waals surface area contributed by atoms with Crippen molar-refractivity contribution in [3.8, 4) is 5.75 Å². The van der Waals surface area contributed by atoms with Gasteiger partial charge < -0.3 is 14.9 Å². The van der Waals surface area contributed by atoms with Crippen molar-refractivity contribution in [2.24, 2.45) is 4.99 Å². The van der Waals surface area contributed by atoms with Gasteiger partial charge in [-0.3, -0.25) is 9.69 Å². The third-order valence-electron chi connectivity index (χ3n) is 3.90. The van der Waals surface area contributed by atoms with Crippen LogP contribution in [0.25, 0.3) is 6.08 Å². The summed E-state index contributed by atoms with van der Waals surface area (Å²) in [7, 11) is 1.59. The van der Waals surface area contributed by atoms with Gasteiger partial charge in [0.05, 0.1) is 16.2 Å². The monoisotopic (exact) mass is 412 g/mol. The van der Waals surface area contributed by atoms with Gasteiger partial charge in [0.2, 0.25) is 0 Å². The van der Waals surface area contributed by atoms with E-state index in [-0.39, 0.29) is 11.5 Å². The van der Waals surface area contributed by atoms with E-state index in [0.29, 0.717) is 27.1 Å². The van der Waals surface area contributed by atoms with Crippen molar-refractivity contribution >= 4 is 46.5 Å². The van der Waals surface area contributed by atoms with Gasteiger partial charge in [-0.15, -0.1) is 0 Å². The van der Waals surface area contributed by atoms with Gasteiger partial charge in [-0.2, -0.15) is 0 Å². The molecule has 2 N–H and O–H groups in total.